The molecule has 0 aliphatic rings. The molecule has 0 rings (SSSR count). The van der Waals surface area contributed by atoms with Gasteiger partial charge >= 0.3 is 17.9 Å². The zero-order valence-electron chi connectivity index (χ0n) is 52.5. The molecule has 1 atom stereocenters. The number of esters is 3. The van der Waals surface area contributed by atoms with Gasteiger partial charge in [-0.1, -0.05) is 320 Å². The molecule has 1 unspecified atom stereocenters. The van der Waals surface area contributed by atoms with Crippen molar-refractivity contribution in [2.45, 2.75) is 380 Å². The second-order valence-electron chi connectivity index (χ2n) is 23.4. The van der Waals surface area contributed by atoms with Gasteiger partial charge < -0.3 is 14.2 Å². The summed E-state index contributed by atoms with van der Waals surface area (Å²) in [6.07, 6.45) is 84.6. The number of rotatable bonds is 64. The van der Waals surface area contributed by atoms with Gasteiger partial charge in [-0.3, -0.25) is 14.4 Å². The van der Waals surface area contributed by atoms with E-state index in [1.807, 2.05) is 0 Å². The third kappa shape index (κ3) is 64.2. The first kappa shape index (κ1) is 75.4. The van der Waals surface area contributed by atoms with Crippen molar-refractivity contribution in [1.29, 1.82) is 0 Å². The minimum Gasteiger partial charge on any atom is -0.462 e. The second kappa shape index (κ2) is 66.9. The van der Waals surface area contributed by atoms with Crippen molar-refractivity contribution in [3.05, 3.63) is 48.6 Å². The lowest BCUT2D eigenvalue weighted by Gasteiger charge is -2.18. The molecule has 0 aliphatic heterocycles. The first-order chi connectivity index (χ1) is 38.5. The van der Waals surface area contributed by atoms with E-state index in [4.69, 9.17) is 14.2 Å². The average Bonchev–Trinajstić information content (AvgIpc) is 3.44. The lowest BCUT2D eigenvalue weighted by molar-refractivity contribution is -0.167. The molecule has 0 spiro atoms. The summed E-state index contributed by atoms with van der Waals surface area (Å²) in [5, 5.41) is 0. The maximum absolute atomic E-state index is 12.9. The molecule has 0 heterocycles. The zero-order chi connectivity index (χ0) is 56.4. The predicted octanol–water partition coefficient (Wildman–Crippen LogP) is 23.7. The quantitative estimate of drug-likeness (QED) is 0.0261. The Morgan fingerprint density at radius 1 is 0.256 bits per heavy atom. The van der Waals surface area contributed by atoms with Crippen LogP contribution in [0.25, 0.3) is 0 Å². The molecule has 0 saturated heterocycles. The van der Waals surface area contributed by atoms with Gasteiger partial charge in [-0.2, -0.15) is 0 Å². The molecule has 0 aromatic heterocycles. The largest absolute Gasteiger partial charge is 0.462 e. The van der Waals surface area contributed by atoms with Crippen molar-refractivity contribution >= 4 is 17.9 Å². The third-order valence-corrected chi connectivity index (χ3v) is 15.6. The molecule has 0 fully saturated rings. The van der Waals surface area contributed by atoms with Crippen molar-refractivity contribution in [1.82, 2.24) is 0 Å². The first-order valence-electron chi connectivity index (χ1n) is 34.6. The van der Waals surface area contributed by atoms with Gasteiger partial charge in [0, 0.05) is 19.3 Å². The van der Waals surface area contributed by atoms with Crippen LogP contribution in [0.15, 0.2) is 48.6 Å². The highest BCUT2D eigenvalue weighted by molar-refractivity contribution is 5.71. The van der Waals surface area contributed by atoms with Crippen molar-refractivity contribution in [3.8, 4) is 0 Å². The smallest absolute Gasteiger partial charge is 0.306 e. The van der Waals surface area contributed by atoms with Crippen molar-refractivity contribution < 1.29 is 28.6 Å². The van der Waals surface area contributed by atoms with Crippen LogP contribution in [0.4, 0.5) is 0 Å². The molecule has 0 bridgehead atoms. The summed E-state index contributed by atoms with van der Waals surface area (Å²) >= 11 is 0. The number of allylic oxidation sites excluding steroid dienone is 8. The van der Waals surface area contributed by atoms with E-state index in [2.05, 4.69) is 69.4 Å². The highest BCUT2D eigenvalue weighted by Gasteiger charge is 2.19. The SMILES string of the molecule is CCCCCCC/C=C\C/C=C\C/C=C\CCCCCCCCCCCCCCCCCCC(=O)OCC(COC(=O)CCCCCCCC)OC(=O)CCCCCCCCCCCCC/C=C\CCCCCCCCCC. The van der Waals surface area contributed by atoms with Crippen LogP contribution in [0.1, 0.15) is 374 Å². The Balaban J connectivity index is 3.99. The average molecular weight is 1090 g/mol. The van der Waals surface area contributed by atoms with Gasteiger partial charge in [0.05, 0.1) is 0 Å². The van der Waals surface area contributed by atoms with Crippen LogP contribution in [-0.4, -0.2) is 37.2 Å². The van der Waals surface area contributed by atoms with Crippen LogP contribution < -0.4 is 0 Å². The van der Waals surface area contributed by atoms with E-state index >= 15 is 0 Å². The summed E-state index contributed by atoms with van der Waals surface area (Å²) in [6, 6.07) is 0. The number of carbonyl (C=O) groups excluding carboxylic acids is 3. The lowest BCUT2D eigenvalue weighted by atomic mass is 10.0. The fourth-order valence-corrected chi connectivity index (χ4v) is 10.3. The standard InChI is InChI=1S/C72H132O6/c1-4-7-10-13-16-18-20-22-24-26-28-30-32-33-34-35-36-37-38-39-41-42-44-46-48-50-52-54-56-59-62-65-71(74)77-68-69(67-76-70(73)64-61-58-15-12-9-6-3)78-72(75)66-63-60-57-55-53-51-49-47-45-43-40-31-29-27-25-23-21-19-17-14-11-8-5-2/h20,22,26-29,32-33,69H,4-19,21,23-25,30-31,34-68H2,1-3H3/b22-20-,28-26-,29-27-,33-32-. The van der Waals surface area contributed by atoms with E-state index in [-0.39, 0.29) is 31.1 Å². The van der Waals surface area contributed by atoms with Gasteiger partial charge in [0.2, 0.25) is 0 Å². The van der Waals surface area contributed by atoms with E-state index in [0.717, 1.165) is 70.6 Å². The molecule has 0 aromatic carbocycles. The highest BCUT2D eigenvalue weighted by Crippen LogP contribution is 2.18. The normalized spacial score (nSPS) is 12.3. The Kier molecular flexibility index (Phi) is 64.6. The Bertz CT molecular complexity index is 1350. The monoisotopic (exact) mass is 1090 g/mol. The van der Waals surface area contributed by atoms with E-state index in [1.54, 1.807) is 0 Å². The maximum atomic E-state index is 12.9. The fraction of sp³-hybridized carbons (Fsp3) is 0.847. The van der Waals surface area contributed by atoms with E-state index in [0.29, 0.717) is 19.3 Å². The van der Waals surface area contributed by atoms with Gasteiger partial charge in [0.1, 0.15) is 13.2 Å². The Hall–Kier alpha value is -2.63. The molecule has 6 nitrogen and oxygen atoms in total. The molecule has 78 heavy (non-hydrogen) atoms. The Labute approximate surface area is 486 Å². The summed E-state index contributed by atoms with van der Waals surface area (Å²) in [6.45, 7) is 6.62. The Morgan fingerprint density at radius 2 is 0.462 bits per heavy atom. The van der Waals surface area contributed by atoms with Gasteiger partial charge in [-0.05, 0) is 83.5 Å². The van der Waals surface area contributed by atoms with Crippen LogP contribution in [0.2, 0.25) is 0 Å². The number of ether oxygens (including phenoxy) is 3. The number of hydrogen-bond donors (Lipinski definition) is 0. The summed E-state index contributed by atoms with van der Waals surface area (Å²) in [7, 11) is 0. The van der Waals surface area contributed by atoms with Gasteiger partial charge in [-0.25, -0.2) is 0 Å². The van der Waals surface area contributed by atoms with Crippen LogP contribution in [0, 0.1) is 0 Å². The van der Waals surface area contributed by atoms with Crippen LogP contribution in [0.3, 0.4) is 0 Å². The topological polar surface area (TPSA) is 78.9 Å². The van der Waals surface area contributed by atoms with Gasteiger partial charge in [0.25, 0.3) is 0 Å². The van der Waals surface area contributed by atoms with Crippen LogP contribution in [0.5, 0.6) is 0 Å². The van der Waals surface area contributed by atoms with Crippen molar-refractivity contribution in [2.75, 3.05) is 13.2 Å². The summed E-state index contributed by atoms with van der Waals surface area (Å²) in [4.78, 5) is 38.1. The minimum atomic E-state index is -0.769. The molecule has 0 aliphatic carbocycles. The van der Waals surface area contributed by atoms with Crippen LogP contribution >= 0.6 is 0 Å². The number of carbonyl (C=O) groups is 3. The molecule has 0 saturated carbocycles. The Morgan fingerprint density at radius 3 is 0.731 bits per heavy atom. The van der Waals surface area contributed by atoms with E-state index in [9.17, 15) is 14.4 Å². The third-order valence-electron chi connectivity index (χ3n) is 15.6. The molecule has 0 N–H and O–H groups in total. The van der Waals surface area contributed by atoms with Crippen molar-refractivity contribution in [3.63, 3.8) is 0 Å². The molecule has 456 valence electrons. The predicted molar refractivity (Wildman–Crippen MR) is 339 cm³/mol. The minimum absolute atomic E-state index is 0.0693. The first-order valence-corrected chi connectivity index (χ1v) is 34.6. The maximum Gasteiger partial charge on any atom is 0.306 e. The number of unbranched alkanes of at least 4 members (excludes halogenated alkanes) is 45. The molecular formula is C72H132O6. The molecule has 6 heteroatoms. The second-order valence-corrected chi connectivity index (χ2v) is 23.4. The molecule has 0 amide bonds. The van der Waals surface area contributed by atoms with Crippen LogP contribution in [-0.2, 0) is 28.6 Å². The van der Waals surface area contributed by atoms with Crippen molar-refractivity contribution in [2.24, 2.45) is 0 Å². The highest BCUT2D eigenvalue weighted by atomic mass is 16.6. The molecular weight excluding hydrogens is 961 g/mol. The molecule has 0 radical (unpaired) electrons. The number of hydrogen-bond acceptors (Lipinski definition) is 6. The fourth-order valence-electron chi connectivity index (χ4n) is 10.3. The van der Waals surface area contributed by atoms with E-state index in [1.165, 1.54) is 263 Å². The zero-order valence-corrected chi connectivity index (χ0v) is 52.5. The van der Waals surface area contributed by atoms with Gasteiger partial charge in [0.15, 0.2) is 6.10 Å². The van der Waals surface area contributed by atoms with Gasteiger partial charge in [-0.15, -0.1) is 0 Å². The molecule has 0 aromatic rings. The van der Waals surface area contributed by atoms with E-state index < -0.39 is 6.10 Å². The lowest BCUT2D eigenvalue weighted by Crippen LogP contribution is -2.30. The summed E-state index contributed by atoms with van der Waals surface area (Å²) in [5.41, 5.74) is 0. The summed E-state index contributed by atoms with van der Waals surface area (Å²) < 4.78 is 16.8. The summed E-state index contributed by atoms with van der Waals surface area (Å²) in [5.74, 6) is -0.859.